The van der Waals surface area contributed by atoms with Gasteiger partial charge in [0.05, 0.1) is 30.8 Å². The molecule has 0 unspecified atom stereocenters. The van der Waals surface area contributed by atoms with Crippen molar-refractivity contribution in [2.45, 2.75) is 31.5 Å². The summed E-state index contributed by atoms with van der Waals surface area (Å²) in [6.45, 7) is 1.68. The van der Waals surface area contributed by atoms with E-state index in [1.165, 1.54) is 12.1 Å². The van der Waals surface area contributed by atoms with Crippen LogP contribution in [0.1, 0.15) is 40.5 Å². The molecule has 8 nitrogen and oxygen atoms in total. The molecule has 2 aromatic rings. The van der Waals surface area contributed by atoms with Gasteiger partial charge in [-0.25, -0.2) is 4.68 Å². The highest BCUT2D eigenvalue weighted by molar-refractivity contribution is 5.91. The number of nitrogens with zero attached hydrogens (tertiary/aromatic N) is 4. The molecule has 0 aliphatic carbocycles. The zero-order valence-electron chi connectivity index (χ0n) is 17.1. The Morgan fingerprint density at radius 2 is 2.00 bits per heavy atom. The third-order valence-electron chi connectivity index (χ3n) is 5.14. The minimum absolute atomic E-state index is 0.00867. The summed E-state index contributed by atoms with van der Waals surface area (Å²) in [5, 5.41) is 10.6. The van der Waals surface area contributed by atoms with Crippen LogP contribution in [0.3, 0.4) is 0 Å². The molecule has 0 spiro atoms. The molecule has 0 atom stereocenters. The number of alkyl halides is 3. The second-order valence-electron chi connectivity index (χ2n) is 7.32. The van der Waals surface area contributed by atoms with Gasteiger partial charge in [-0.3, -0.25) is 9.59 Å². The Kier molecular flexibility index (Phi) is 7.26. The van der Waals surface area contributed by atoms with Crippen LogP contribution in [-0.2, 0) is 22.1 Å². The lowest BCUT2D eigenvalue weighted by molar-refractivity contribution is -0.138. The molecule has 1 aliphatic heterocycles. The first kappa shape index (κ1) is 22.7. The lowest BCUT2D eigenvalue weighted by Crippen LogP contribution is -2.40. The fourth-order valence-electron chi connectivity index (χ4n) is 3.44. The number of halogens is 3. The van der Waals surface area contributed by atoms with Crippen molar-refractivity contribution in [3.63, 3.8) is 0 Å². The Labute approximate surface area is 177 Å². The molecule has 31 heavy (non-hydrogen) atoms. The Balaban J connectivity index is 1.52. The number of methoxy groups -OCH3 is 1. The standard InChI is InChI=1S/C20H24F3N5O3/c1-31-10-7-24-19(30)17-13-28(26-25-17)16-5-8-27(9-6-16)18(29)12-14-3-2-4-15(11-14)20(21,22)23/h2-4,11,13,16H,5-10,12H2,1H3,(H,24,30). The van der Waals surface area contributed by atoms with Gasteiger partial charge in [-0.15, -0.1) is 5.10 Å². The highest BCUT2D eigenvalue weighted by atomic mass is 19.4. The first-order valence-corrected chi connectivity index (χ1v) is 9.91. The highest BCUT2D eigenvalue weighted by Gasteiger charge is 2.31. The van der Waals surface area contributed by atoms with Gasteiger partial charge < -0.3 is 15.0 Å². The van der Waals surface area contributed by atoms with Crippen LogP contribution in [0.15, 0.2) is 30.5 Å². The Bertz CT molecular complexity index is 907. The van der Waals surface area contributed by atoms with Gasteiger partial charge in [0.25, 0.3) is 5.91 Å². The number of rotatable bonds is 7. The number of benzene rings is 1. The smallest absolute Gasteiger partial charge is 0.383 e. The summed E-state index contributed by atoms with van der Waals surface area (Å²) in [4.78, 5) is 26.2. The Morgan fingerprint density at radius 3 is 2.68 bits per heavy atom. The van der Waals surface area contributed by atoms with Gasteiger partial charge in [0, 0.05) is 26.7 Å². The molecule has 2 amide bonds. The quantitative estimate of drug-likeness (QED) is 0.668. The summed E-state index contributed by atoms with van der Waals surface area (Å²) in [5.74, 6) is -0.549. The lowest BCUT2D eigenvalue weighted by Gasteiger charge is -2.32. The van der Waals surface area contributed by atoms with E-state index in [1.54, 1.807) is 22.9 Å². The van der Waals surface area contributed by atoms with Gasteiger partial charge in [-0.05, 0) is 24.5 Å². The van der Waals surface area contributed by atoms with Crippen molar-refractivity contribution in [1.29, 1.82) is 0 Å². The number of likely N-dealkylation sites (tertiary alicyclic amines) is 1. The lowest BCUT2D eigenvalue weighted by atomic mass is 10.0. The number of carbonyl (C=O) groups is 2. The number of nitrogens with one attached hydrogen (secondary N) is 1. The molecule has 0 radical (unpaired) electrons. The fourth-order valence-corrected chi connectivity index (χ4v) is 3.44. The van der Waals surface area contributed by atoms with Crippen molar-refractivity contribution >= 4 is 11.8 Å². The van der Waals surface area contributed by atoms with E-state index in [1.807, 2.05) is 0 Å². The number of amides is 2. The summed E-state index contributed by atoms with van der Waals surface area (Å²) in [6.07, 6.45) is -1.71. The zero-order valence-corrected chi connectivity index (χ0v) is 17.1. The second kappa shape index (κ2) is 9.90. The topological polar surface area (TPSA) is 89.4 Å². The van der Waals surface area contributed by atoms with Crippen LogP contribution >= 0.6 is 0 Å². The van der Waals surface area contributed by atoms with Crippen LogP contribution in [0.25, 0.3) is 0 Å². The molecular formula is C20H24F3N5O3. The molecule has 1 aromatic heterocycles. The number of hydrogen-bond acceptors (Lipinski definition) is 5. The largest absolute Gasteiger partial charge is 0.416 e. The van der Waals surface area contributed by atoms with Crippen molar-refractivity contribution < 1.29 is 27.5 Å². The van der Waals surface area contributed by atoms with E-state index in [2.05, 4.69) is 15.6 Å². The molecule has 2 heterocycles. The first-order valence-electron chi connectivity index (χ1n) is 9.91. The van der Waals surface area contributed by atoms with Crippen molar-refractivity contribution in [2.75, 3.05) is 33.4 Å². The van der Waals surface area contributed by atoms with Crippen LogP contribution in [0, 0.1) is 0 Å². The van der Waals surface area contributed by atoms with Gasteiger partial charge in [-0.2, -0.15) is 13.2 Å². The zero-order chi connectivity index (χ0) is 22.4. The molecule has 0 saturated carbocycles. The normalized spacial score (nSPS) is 15.2. The van der Waals surface area contributed by atoms with Crippen molar-refractivity contribution in [3.05, 3.63) is 47.3 Å². The number of hydrogen-bond donors (Lipinski definition) is 1. The van der Waals surface area contributed by atoms with Gasteiger partial charge in [0.1, 0.15) is 0 Å². The van der Waals surface area contributed by atoms with Gasteiger partial charge in [0.2, 0.25) is 5.91 Å². The van der Waals surface area contributed by atoms with Crippen molar-refractivity contribution in [2.24, 2.45) is 0 Å². The number of piperidine rings is 1. The average Bonchev–Trinajstić information content (AvgIpc) is 3.24. The van der Waals surface area contributed by atoms with Gasteiger partial charge in [0.15, 0.2) is 5.69 Å². The molecule has 3 rings (SSSR count). The summed E-state index contributed by atoms with van der Waals surface area (Å²) in [7, 11) is 1.54. The predicted octanol–water partition coefficient (Wildman–Crippen LogP) is 2.08. The third kappa shape index (κ3) is 6.03. The van der Waals surface area contributed by atoms with Gasteiger partial charge in [-0.1, -0.05) is 23.4 Å². The van der Waals surface area contributed by atoms with Crippen LogP contribution < -0.4 is 5.32 Å². The second-order valence-corrected chi connectivity index (χ2v) is 7.32. The maximum atomic E-state index is 12.9. The number of aromatic nitrogens is 3. The van der Waals surface area contributed by atoms with Crippen molar-refractivity contribution in [1.82, 2.24) is 25.2 Å². The third-order valence-corrected chi connectivity index (χ3v) is 5.14. The molecule has 1 fully saturated rings. The maximum Gasteiger partial charge on any atom is 0.416 e. The summed E-state index contributed by atoms with van der Waals surface area (Å²) < 4.78 is 45.1. The SMILES string of the molecule is COCCNC(=O)c1cn(C2CCN(C(=O)Cc3cccc(C(F)(F)F)c3)CC2)nn1. The van der Waals surface area contributed by atoms with E-state index in [0.717, 1.165) is 12.1 Å². The fraction of sp³-hybridized carbons (Fsp3) is 0.500. The predicted molar refractivity (Wildman–Crippen MR) is 104 cm³/mol. The molecule has 0 bridgehead atoms. The van der Waals surface area contributed by atoms with Crippen LogP contribution in [0.5, 0.6) is 0 Å². The Morgan fingerprint density at radius 1 is 1.26 bits per heavy atom. The van der Waals surface area contributed by atoms with Crippen LogP contribution in [0.4, 0.5) is 13.2 Å². The molecule has 1 N–H and O–H groups in total. The number of ether oxygens (including phenoxy) is 1. The van der Waals surface area contributed by atoms with E-state index < -0.39 is 11.7 Å². The van der Waals surface area contributed by atoms with Gasteiger partial charge >= 0.3 is 6.18 Å². The van der Waals surface area contributed by atoms with Crippen molar-refractivity contribution in [3.8, 4) is 0 Å². The minimum Gasteiger partial charge on any atom is -0.383 e. The summed E-state index contributed by atoms with van der Waals surface area (Å²) in [6, 6.07) is 4.83. The molecule has 11 heteroatoms. The number of carbonyl (C=O) groups excluding carboxylic acids is 2. The van der Waals surface area contributed by atoms with E-state index >= 15 is 0 Å². The summed E-state index contributed by atoms with van der Waals surface area (Å²) in [5.41, 5.74) is -0.216. The van der Waals surface area contributed by atoms with Crippen LogP contribution in [0.2, 0.25) is 0 Å². The molecule has 168 valence electrons. The molecule has 1 saturated heterocycles. The first-order chi connectivity index (χ1) is 14.8. The monoisotopic (exact) mass is 439 g/mol. The maximum absolute atomic E-state index is 12.9. The summed E-state index contributed by atoms with van der Waals surface area (Å²) >= 11 is 0. The van der Waals surface area contributed by atoms with E-state index in [-0.39, 0.29) is 30.0 Å². The Hall–Kier alpha value is -2.95. The molecule has 1 aromatic carbocycles. The van der Waals surface area contributed by atoms with E-state index in [9.17, 15) is 22.8 Å². The van der Waals surface area contributed by atoms with E-state index in [4.69, 9.17) is 4.74 Å². The van der Waals surface area contributed by atoms with Crippen LogP contribution in [-0.4, -0.2) is 65.1 Å². The average molecular weight is 439 g/mol. The van der Waals surface area contributed by atoms with E-state index in [0.29, 0.717) is 44.6 Å². The minimum atomic E-state index is -4.44. The molecular weight excluding hydrogens is 415 g/mol. The molecule has 1 aliphatic rings. The highest BCUT2D eigenvalue weighted by Crippen LogP contribution is 2.30.